The number of carbonyl (C=O) groups is 4. The second kappa shape index (κ2) is 10.3. The summed E-state index contributed by atoms with van der Waals surface area (Å²) in [4.78, 5) is 52.7. The molecule has 2 aliphatic rings. The van der Waals surface area contributed by atoms with Gasteiger partial charge in [0.1, 0.15) is 17.7 Å². The van der Waals surface area contributed by atoms with Crippen molar-refractivity contribution in [2.75, 3.05) is 19.6 Å². The first-order chi connectivity index (χ1) is 14.4. The van der Waals surface area contributed by atoms with Gasteiger partial charge >= 0.3 is 12.1 Å². The summed E-state index contributed by atoms with van der Waals surface area (Å²) in [5.41, 5.74) is -0.655. The van der Waals surface area contributed by atoms with Gasteiger partial charge in [-0.15, -0.1) is 0 Å². The molecule has 2 rings (SSSR count). The molecule has 0 bridgehead atoms. The Morgan fingerprint density at radius 3 is 2.19 bits per heavy atom. The number of carbonyl (C=O) groups excluding carboxylic acids is 3. The Morgan fingerprint density at radius 1 is 1.06 bits per heavy atom. The number of alkyl carbamates (subject to hydrolysis) is 1. The summed E-state index contributed by atoms with van der Waals surface area (Å²) in [6.45, 7) is 10.6. The molecule has 2 atom stereocenters. The van der Waals surface area contributed by atoms with Gasteiger partial charge in [0.15, 0.2) is 0 Å². The number of ether oxygens (including phenoxy) is 1. The molecule has 2 fully saturated rings. The molecule has 2 heterocycles. The number of nitrogens with one attached hydrogen (secondary N) is 1. The standard InChI is InChI=1S/C22H37N3O6/c1-14(2)13-16(23-21(30)31-22(3,4)5)19(27)24-11-8-15(9-12-24)18(26)25-10-6-7-17(25)20(28)29/h14-17H,6-13H2,1-5H3,(H,23,30)(H,28,29)/t16-,17-/m0/s1. The molecule has 2 N–H and O–H groups in total. The van der Waals surface area contributed by atoms with Crippen LogP contribution in [0.25, 0.3) is 0 Å². The lowest BCUT2D eigenvalue weighted by molar-refractivity contribution is -0.151. The van der Waals surface area contributed by atoms with E-state index < -0.39 is 29.7 Å². The van der Waals surface area contributed by atoms with Gasteiger partial charge in [0.05, 0.1) is 0 Å². The molecule has 0 aromatic carbocycles. The van der Waals surface area contributed by atoms with Crippen LogP contribution in [0.3, 0.4) is 0 Å². The predicted molar refractivity (Wildman–Crippen MR) is 114 cm³/mol. The second-order valence-electron chi connectivity index (χ2n) is 9.96. The van der Waals surface area contributed by atoms with Gasteiger partial charge in [-0.25, -0.2) is 9.59 Å². The second-order valence-corrected chi connectivity index (χ2v) is 9.96. The van der Waals surface area contributed by atoms with Gasteiger partial charge in [-0.3, -0.25) is 9.59 Å². The van der Waals surface area contributed by atoms with Crippen molar-refractivity contribution in [1.29, 1.82) is 0 Å². The van der Waals surface area contributed by atoms with Gasteiger partial charge in [-0.2, -0.15) is 0 Å². The quantitative estimate of drug-likeness (QED) is 0.656. The highest BCUT2D eigenvalue weighted by molar-refractivity contribution is 5.87. The Labute approximate surface area is 184 Å². The number of hydrogen-bond acceptors (Lipinski definition) is 5. The van der Waals surface area contributed by atoms with E-state index in [2.05, 4.69) is 5.32 Å². The summed E-state index contributed by atoms with van der Waals surface area (Å²) in [5.74, 6) is -1.32. The molecule has 0 aliphatic carbocycles. The fourth-order valence-corrected chi connectivity index (χ4v) is 4.23. The molecule has 9 nitrogen and oxygen atoms in total. The molecule has 31 heavy (non-hydrogen) atoms. The summed E-state index contributed by atoms with van der Waals surface area (Å²) in [6.07, 6.45) is 2.05. The minimum Gasteiger partial charge on any atom is -0.480 e. The lowest BCUT2D eigenvalue weighted by Crippen LogP contribution is -2.53. The van der Waals surface area contributed by atoms with Gasteiger partial charge in [0.25, 0.3) is 0 Å². The molecule has 0 saturated carbocycles. The van der Waals surface area contributed by atoms with Crippen LogP contribution in [0.4, 0.5) is 4.79 Å². The van der Waals surface area contributed by atoms with Crippen LogP contribution in [-0.2, 0) is 19.1 Å². The normalized spacial score (nSPS) is 21.2. The zero-order chi connectivity index (χ0) is 23.3. The van der Waals surface area contributed by atoms with Crippen molar-refractivity contribution in [3.63, 3.8) is 0 Å². The summed E-state index contributed by atoms with van der Waals surface area (Å²) in [6, 6.07) is -1.42. The van der Waals surface area contributed by atoms with Crippen LogP contribution >= 0.6 is 0 Å². The average molecular weight is 440 g/mol. The molecule has 0 aromatic heterocycles. The zero-order valence-electron chi connectivity index (χ0n) is 19.3. The fourth-order valence-electron chi connectivity index (χ4n) is 4.23. The van der Waals surface area contributed by atoms with Crippen LogP contribution in [0.2, 0.25) is 0 Å². The Kier molecular flexibility index (Phi) is 8.31. The molecule has 9 heteroatoms. The van der Waals surface area contributed by atoms with Crippen molar-refractivity contribution in [2.45, 2.75) is 84.4 Å². The first-order valence-corrected chi connectivity index (χ1v) is 11.2. The van der Waals surface area contributed by atoms with Crippen molar-refractivity contribution in [2.24, 2.45) is 11.8 Å². The van der Waals surface area contributed by atoms with E-state index in [1.807, 2.05) is 13.8 Å². The Balaban J connectivity index is 1.95. The monoisotopic (exact) mass is 439 g/mol. The van der Waals surface area contributed by atoms with E-state index in [1.54, 1.807) is 25.7 Å². The third-order valence-electron chi connectivity index (χ3n) is 5.67. The number of carboxylic acids is 1. The van der Waals surface area contributed by atoms with E-state index >= 15 is 0 Å². The lowest BCUT2D eigenvalue weighted by Gasteiger charge is -2.36. The van der Waals surface area contributed by atoms with Crippen molar-refractivity contribution in [1.82, 2.24) is 15.1 Å². The molecule has 2 aliphatic heterocycles. The largest absolute Gasteiger partial charge is 0.480 e. The number of nitrogens with zero attached hydrogens (tertiary/aromatic N) is 2. The molecular weight excluding hydrogens is 402 g/mol. The molecule has 0 aromatic rings. The van der Waals surface area contributed by atoms with E-state index in [9.17, 15) is 24.3 Å². The summed E-state index contributed by atoms with van der Waals surface area (Å²) >= 11 is 0. The van der Waals surface area contributed by atoms with E-state index in [4.69, 9.17) is 4.74 Å². The van der Waals surface area contributed by atoms with E-state index in [0.29, 0.717) is 51.7 Å². The number of rotatable bonds is 6. The van der Waals surface area contributed by atoms with Gasteiger partial charge < -0.3 is 25.0 Å². The first kappa shape index (κ1) is 24.9. The highest BCUT2D eigenvalue weighted by atomic mass is 16.6. The SMILES string of the molecule is CC(C)C[C@H](NC(=O)OC(C)(C)C)C(=O)N1CCC(C(=O)N2CCC[C@H]2C(=O)O)CC1. The van der Waals surface area contributed by atoms with Crippen molar-refractivity contribution >= 4 is 23.9 Å². The minimum absolute atomic E-state index is 0.123. The maximum atomic E-state index is 13.1. The maximum absolute atomic E-state index is 13.1. The highest BCUT2D eigenvalue weighted by Crippen LogP contribution is 2.26. The van der Waals surface area contributed by atoms with Crippen LogP contribution < -0.4 is 5.32 Å². The van der Waals surface area contributed by atoms with Crippen LogP contribution in [0.15, 0.2) is 0 Å². The molecule has 2 saturated heterocycles. The number of hydrogen-bond donors (Lipinski definition) is 2. The fraction of sp³-hybridized carbons (Fsp3) is 0.818. The van der Waals surface area contributed by atoms with Crippen LogP contribution in [0.1, 0.15) is 66.7 Å². The molecule has 0 radical (unpaired) electrons. The zero-order valence-corrected chi connectivity index (χ0v) is 19.3. The summed E-state index contributed by atoms with van der Waals surface area (Å²) in [5, 5.41) is 12.0. The number of amides is 3. The predicted octanol–water partition coefficient (Wildman–Crippen LogP) is 2.24. The molecule has 176 valence electrons. The van der Waals surface area contributed by atoms with Gasteiger partial charge in [0.2, 0.25) is 11.8 Å². The molecule has 3 amide bonds. The Morgan fingerprint density at radius 2 is 1.68 bits per heavy atom. The summed E-state index contributed by atoms with van der Waals surface area (Å²) in [7, 11) is 0. The Hall–Kier alpha value is -2.32. The number of aliphatic carboxylic acids is 1. The number of carboxylic acid groups (broad SMARTS) is 1. The topological polar surface area (TPSA) is 116 Å². The Bertz CT molecular complexity index is 679. The van der Waals surface area contributed by atoms with Crippen molar-refractivity contribution in [3.8, 4) is 0 Å². The van der Waals surface area contributed by atoms with Crippen LogP contribution in [-0.4, -0.2) is 76.1 Å². The third kappa shape index (κ3) is 7.11. The smallest absolute Gasteiger partial charge is 0.408 e. The van der Waals surface area contributed by atoms with Crippen molar-refractivity contribution in [3.05, 3.63) is 0 Å². The highest BCUT2D eigenvalue weighted by Gasteiger charge is 2.39. The average Bonchev–Trinajstić information content (AvgIpc) is 3.14. The van der Waals surface area contributed by atoms with Gasteiger partial charge in [0, 0.05) is 25.6 Å². The van der Waals surface area contributed by atoms with Crippen LogP contribution in [0, 0.1) is 11.8 Å². The van der Waals surface area contributed by atoms with Crippen LogP contribution in [0.5, 0.6) is 0 Å². The number of piperidine rings is 1. The molecule has 0 spiro atoms. The third-order valence-corrected chi connectivity index (χ3v) is 5.67. The molecular formula is C22H37N3O6. The van der Waals surface area contributed by atoms with Gasteiger partial charge in [-0.1, -0.05) is 13.8 Å². The first-order valence-electron chi connectivity index (χ1n) is 11.2. The maximum Gasteiger partial charge on any atom is 0.408 e. The lowest BCUT2D eigenvalue weighted by atomic mass is 9.93. The summed E-state index contributed by atoms with van der Waals surface area (Å²) < 4.78 is 5.30. The minimum atomic E-state index is -0.955. The van der Waals surface area contributed by atoms with E-state index in [-0.39, 0.29) is 23.7 Å². The van der Waals surface area contributed by atoms with Gasteiger partial charge in [-0.05, 0) is 58.8 Å². The van der Waals surface area contributed by atoms with E-state index in [1.165, 1.54) is 4.90 Å². The van der Waals surface area contributed by atoms with E-state index in [0.717, 1.165) is 0 Å². The molecule has 0 unspecified atom stereocenters. The van der Waals surface area contributed by atoms with Crippen molar-refractivity contribution < 1.29 is 29.0 Å². The number of likely N-dealkylation sites (tertiary alicyclic amines) is 2.